The molecule has 4 rings (SSSR count). The van der Waals surface area contributed by atoms with Crippen LogP contribution in [0.15, 0.2) is 101 Å². The van der Waals surface area contributed by atoms with Gasteiger partial charge in [0.2, 0.25) is 5.91 Å². The Morgan fingerprint density at radius 1 is 0.875 bits per heavy atom. The predicted octanol–water partition coefficient (Wildman–Crippen LogP) is 4.79. The van der Waals surface area contributed by atoms with Crippen molar-refractivity contribution in [2.24, 2.45) is 0 Å². The Kier molecular flexibility index (Phi) is 6.67. The standard InChI is InChI=1S/C25H23N5OS/c1-17-12-14-20(15-13-17)32-25-22(26)23(27-16-28-25)29-30-24(31)21(18-8-4-2-5-9-18)19-10-6-3-7-11-19/h2-16,21H,26H2,1H3,(H,30,31)(H,27,28,29). The number of carbonyl (C=O) groups excluding carboxylic acids is 1. The van der Waals surface area contributed by atoms with E-state index in [1.807, 2.05) is 91.9 Å². The summed E-state index contributed by atoms with van der Waals surface area (Å²) in [7, 11) is 0. The number of nitrogens with one attached hydrogen (secondary N) is 2. The van der Waals surface area contributed by atoms with Crippen LogP contribution in [0.25, 0.3) is 0 Å². The predicted molar refractivity (Wildman–Crippen MR) is 128 cm³/mol. The molecule has 1 amide bonds. The SMILES string of the molecule is Cc1ccc(Sc2ncnc(NNC(=O)C(c3ccccc3)c3ccccc3)c2N)cc1. The minimum Gasteiger partial charge on any atom is -0.393 e. The first-order valence-corrected chi connectivity index (χ1v) is 10.9. The monoisotopic (exact) mass is 441 g/mol. The fourth-order valence-corrected chi connectivity index (χ4v) is 4.06. The Hall–Kier alpha value is -3.84. The van der Waals surface area contributed by atoms with E-state index in [1.165, 1.54) is 23.7 Å². The van der Waals surface area contributed by atoms with Crippen molar-refractivity contribution in [3.63, 3.8) is 0 Å². The van der Waals surface area contributed by atoms with Gasteiger partial charge in [-0.2, -0.15) is 0 Å². The molecule has 7 heteroatoms. The molecule has 0 aliphatic heterocycles. The fourth-order valence-electron chi connectivity index (χ4n) is 3.26. The summed E-state index contributed by atoms with van der Waals surface area (Å²) < 4.78 is 0. The van der Waals surface area contributed by atoms with Crippen LogP contribution in [0.5, 0.6) is 0 Å². The number of anilines is 2. The first-order valence-electron chi connectivity index (χ1n) is 10.1. The number of aryl methyl sites for hydroxylation is 1. The third-order valence-corrected chi connectivity index (χ3v) is 5.94. The van der Waals surface area contributed by atoms with E-state index in [9.17, 15) is 4.79 Å². The summed E-state index contributed by atoms with van der Waals surface area (Å²) in [6.45, 7) is 2.04. The van der Waals surface area contributed by atoms with E-state index in [1.54, 1.807) is 0 Å². The molecular weight excluding hydrogens is 418 g/mol. The number of hydrogen-bond donors (Lipinski definition) is 3. The Labute approximate surface area is 191 Å². The average Bonchev–Trinajstić information content (AvgIpc) is 2.82. The van der Waals surface area contributed by atoms with Crippen LogP contribution in [-0.4, -0.2) is 15.9 Å². The van der Waals surface area contributed by atoms with Crippen molar-refractivity contribution in [3.8, 4) is 0 Å². The van der Waals surface area contributed by atoms with Crippen LogP contribution in [0.1, 0.15) is 22.6 Å². The molecule has 6 nitrogen and oxygen atoms in total. The van der Waals surface area contributed by atoms with Crippen LogP contribution in [-0.2, 0) is 4.79 Å². The van der Waals surface area contributed by atoms with Crippen molar-refractivity contribution < 1.29 is 4.79 Å². The van der Waals surface area contributed by atoms with Crippen molar-refractivity contribution in [2.45, 2.75) is 22.8 Å². The van der Waals surface area contributed by atoms with Gasteiger partial charge in [-0.05, 0) is 30.2 Å². The first-order chi connectivity index (χ1) is 15.6. The molecule has 0 fully saturated rings. The molecule has 1 heterocycles. The summed E-state index contributed by atoms with van der Waals surface area (Å²) in [5, 5.41) is 0.614. The molecule has 0 saturated heterocycles. The van der Waals surface area contributed by atoms with E-state index in [2.05, 4.69) is 20.8 Å². The van der Waals surface area contributed by atoms with Crippen LogP contribution in [0, 0.1) is 6.92 Å². The molecule has 4 aromatic rings. The molecule has 4 N–H and O–H groups in total. The first kappa shape index (κ1) is 21.4. The second kappa shape index (κ2) is 9.98. The van der Waals surface area contributed by atoms with E-state index >= 15 is 0 Å². The smallest absolute Gasteiger partial charge is 0.250 e. The number of nitrogens with two attached hydrogens (primary N) is 1. The minimum absolute atomic E-state index is 0.215. The Balaban J connectivity index is 1.52. The van der Waals surface area contributed by atoms with E-state index in [0.29, 0.717) is 16.5 Å². The number of hydrogen-bond acceptors (Lipinski definition) is 6. The van der Waals surface area contributed by atoms with Gasteiger partial charge in [-0.15, -0.1) is 0 Å². The highest BCUT2D eigenvalue weighted by atomic mass is 32.2. The summed E-state index contributed by atoms with van der Waals surface area (Å²) in [5.74, 6) is -0.342. The summed E-state index contributed by atoms with van der Waals surface area (Å²) in [6.07, 6.45) is 1.42. The molecule has 32 heavy (non-hydrogen) atoms. The largest absolute Gasteiger partial charge is 0.393 e. The summed E-state index contributed by atoms with van der Waals surface area (Å²) in [5.41, 5.74) is 15.3. The molecular formula is C25H23N5OS. The van der Waals surface area contributed by atoms with Gasteiger partial charge in [0, 0.05) is 4.90 Å². The van der Waals surface area contributed by atoms with Crippen LogP contribution >= 0.6 is 11.8 Å². The van der Waals surface area contributed by atoms with Gasteiger partial charge < -0.3 is 5.73 Å². The second-order valence-corrected chi connectivity index (χ2v) is 8.29. The third-order valence-electron chi connectivity index (χ3n) is 4.91. The van der Waals surface area contributed by atoms with Gasteiger partial charge in [-0.25, -0.2) is 9.97 Å². The van der Waals surface area contributed by atoms with Gasteiger partial charge in [0.1, 0.15) is 17.0 Å². The number of benzene rings is 3. The maximum absolute atomic E-state index is 13.2. The molecule has 0 aliphatic rings. The number of nitrogens with zero attached hydrogens (tertiary/aromatic N) is 2. The molecule has 0 bridgehead atoms. The zero-order valence-electron chi connectivity index (χ0n) is 17.5. The number of rotatable bonds is 7. The normalized spacial score (nSPS) is 10.7. The van der Waals surface area contributed by atoms with Crippen molar-refractivity contribution in [2.75, 3.05) is 11.2 Å². The number of hydrazine groups is 1. The molecule has 0 unspecified atom stereocenters. The van der Waals surface area contributed by atoms with Gasteiger partial charge in [-0.3, -0.25) is 15.6 Å². The Morgan fingerprint density at radius 2 is 1.47 bits per heavy atom. The highest BCUT2D eigenvalue weighted by Gasteiger charge is 2.23. The van der Waals surface area contributed by atoms with E-state index in [-0.39, 0.29) is 5.91 Å². The van der Waals surface area contributed by atoms with Gasteiger partial charge >= 0.3 is 0 Å². The lowest BCUT2D eigenvalue weighted by atomic mass is 9.91. The molecule has 1 aromatic heterocycles. The number of aromatic nitrogens is 2. The van der Waals surface area contributed by atoms with Crippen LogP contribution < -0.4 is 16.6 Å². The summed E-state index contributed by atoms with van der Waals surface area (Å²) >= 11 is 1.44. The molecule has 0 spiro atoms. The summed E-state index contributed by atoms with van der Waals surface area (Å²) in [4.78, 5) is 22.7. The number of nitrogen functional groups attached to an aromatic ring is 1. The van der Waals surface area contributed by atoms with E-state index < -0.39 is 5.92 Å². The molecule has 3 aromatic carbocycles. The quantitative estimate of drug-likeness (QED) is 0.282. The lowest BCUT2D eigenvalue weighted by molar-refractivity contribution is -0.121. The number of carbonyl (C=O) groups is 1. The van der Waals surface area contributed by atoms with E-state index in [4.69, 9.17) is 5.73 Å². The highest BCUT2D eigenvalue weighted by Crippen LogP contribution is 2.33. The maximum Gasteiger partial charge on any atom is 0.250 e. The maximum atomic E-state index is 13.2. The Bertz CT molecular complexity index is 1140. The third kappa shape index (κ3) is 5.07. The van der Waals surface area contributed by atoms with Gasteiger partial charge in [-0.1, -0.05) is 90.1 Å². The topological polar surface area (TPSA) is 92.9 Å². The molecule has 0 aliphatic carbocycles. The number of amides is 1. The molecule has 160 valence electrons. The molecule has 0 saturated carbocycles. The van der Waals surface area contributed by atoms with Crippen molar-refractivity contribution in [3.05, 3.63) is 108 Å². The lowest BCUT2D eigenvalue weighted by Crippen LogP contribution is -2.35. The van der Waals surface area contributed by atoms with Crippen molar-refractivity contribution in [1.29, 1.82) is 0 Å². The van der Waals surface area contributed by atoms with Crippen LogP contribution in [0.2, 0.25) is 0 Å². The minimum atomic E-state index is -0.477. The summed E-state index contributed by atoms with van der Waals surface area (Å²) in [6, 6.07) is 27.4. The molecule has 0 radical (unpaired) electrons. The molecule has 0 atom stereocenters. The van der Waals surface area contributed by atoms with Crippen LogP contribution in [0.4, 0.5) is 11.5 Å². The van der Waals surface area contributed by atoms with E-state index in [0.717, 1.165) is 16.0 Å². The average molecular weight is 442 g/mol. The zero-order valence-corrected chi connectivity index (χ0v) is 18.3. The van der Waals surface area contributed by atoms with Crippen LogP contribution in [0.3, 0.4) is 0 Å². The fraction of sp³-hybridized carbons (Fsp3) is 0.0800. The highest BCUT2D eigenvalue weighted by molar-refractivity contribution is 7.99. The zero-order chi connectivity index (χ0) is 22.3. The van der Waals surface area contributed by atoms with Gasteiger partial charge in [0.15, 0.2) is 5.82 Å². The second-order valence-electron chi connectivity index (χ2n) is 7.22. The van der Waals surface area contributed by atoms with Gasteiger partial charge in [0.05, 0.1) is 5.92 Å². The van der Waals surface area contributed by atoms with Crippen molar-refractivity contribution in [1.82, 2.24) is 15.4 Å². The Morgan fingerprint density at radius 3 is 2.06 bits per heavy atom. The lowest BCUT2D eigenvalue weighted by Gasteiger charge is -2.19. The van der Waals surface area contributed by atoms with Gasteiger partial charge in [0.25, 0.3) is 0 Å². The van der Waals surface area contributed by atoms with Crippen molar-refractivity contribution >= 4 is 29.2 Å².